The van der Waals surface area contributed by atoms with Gasteiger partial charge in [0.2, 0.25) is 5.91 Å². The van der Waals surface area contributed by atoms with Crippen molar-refractivity contribution in [2.24, 2.45) is 17.8 Å². The third-order valence-electron chi connectivity index (χ3n) is 4.99. The van der Waals surface area contributed by atoms with Crippen LogP contribution in [0.4, 0.5) is 4.79 Å². The molecule has 0 aromatic rings. The summed E-state index contributed by atoms with van der Waals surface area (Å²) < 4.78 is 10.6. The van der Waals surface area contributed by atoms with Gasteiger partial charge in [0.25, 0.3) is 0 Å². The highest BCUT2D eigenvalue weighted by molar-refractivity contribution is 6.18. The third-order valence-corrected chi connectivity index (χ3v) is 5.14. The number of esters is 1. The monoisotopic (exact) mass is 462 g/mol. The Morgan fingerprint density at radius 2 is 1.32 bits per heavy atom. The Bertz CT molecular complexity index is 554. The van der Waals surface area contributed by atoms with Gasteiger partial charge in [0, 0.05) is 14.1 Å². The average molecular weight is 463 g/mol. The maximum atomic E-state index is 13.4. The number of halogens is 1. The fourth-order valence-electron chi connectivity index (χ4n) is 3.23. The van der Waals surface area contributed by atoms with Gasteiger partial charge in [0.05, 0.1) is 12.5 Å². The standard InChI is InChI=1S/C23H43ClN2O5/c1-16(2)10-9-12-30-22(28)20(15-18(5)6)25(7)21(27)19(14-17(3)4)26(8)23(29)31-13-11-24/h16-20H,9-15H2,1-8H3. The quantitative estimate of drug-likeness (QED) is 0.215. The van der Waals surface area contributed by atoms with Crippen LogP contribution in [0, 0.1) is 17.8 Å². The van der Waals surface area contributed by atoms with E-state index in [1.165, 1.54) is 16.8 Å². The molecule has 2 amide bonds. The van der Waals surface area contributed by atoms with E-state index in [0.29, 0.717) is 25.4 Å². The number of alkyl halides is 1. The highest BCUT2D eigenvalue weighted by Gasteiger charge is 2.36. The SMILES string of the molecule is CC(C)CCCOC(=O)C(CC(C)C)N(C)C(=O)C(CC(C)C)N(C)C(=O)OCCCl. The van der Waals surface area contributed by atoms with Crippen molar-refractivity contribution in [2.45, 2.75) is 79.3 Å². The van der Waals surface area contributed by atoms with Gasteiger partial charge in [-0.15, -0.1) is 11.6 Å². The minimum atomic E-state index is -0.740. The largest absolute Gasteiger partial charge is 0.464 e. The lowest BCUT2D eigenvalue weighted by atomic mass is 9.98. The summed E-state index contributed by atoms with van der Waals surface area (Å²) >= 11 is 5.60. The molecule has 0 saturated carbocycles. The zero-order chi connectivity index (χ0) is 24.1. The Morgan fingerprint density at radius 1 is 0.774 bits per heavy atom. The molecule has 2 atom stereocenters. The van der Waals surface area contributed by atoms with Crippen LogP contribution >= 0.6 is 11.6 Å². The molecule has 0 aromatic carbocycles. The van der Waals surface area contributed by atoms with Crippen molar-refractivity contribution in [2.75, 3.05) is 33.2 Å². The van der Waals surface area contributed by atoms with Crippen LogP contribution in [0.25, 0.3) is 0 Å². The second-order valence-electron chi connectivity index (χ2n) is 9.36. The smallest absolute Gasteiger partial charge is 0.410 e. The van der Waals surface area contributed by atoms with Gasteiger partial charge in [0.15, 0.2) is 0 Å². The molecule has 0 aromatic heterocycles. The Kier molecular flexibility index (Phi) is 14.6. The molecular weight excluding hydrogens is 420 g/mol. The van der Waals surface area contributed by atoms with Crippen LogP contribution < -0.4 is 0 Å². The zero-order valence-electron chi connectivity index (χ0n) is 20.7. The molecule has 0 heterocycles. The minimum absolute atomic E-state index is 0.0713. The lowest BCUT2D eigenvalue weighted by molar-refractivity contribution is -0.156. The molecule has 2 unspecified atom stereocenters. The number of likely N-dealkylation sites (N-methyl/N-ethyl adjacent to an activating group) is 2. The molecule has 0 saturated heterocycles. The number of hydrogen-bond acceptors (Lipinski definition) is 5. The lowest BCUT2D eigenvalue weighted by Gasteiger charge is -2.34. The summed E-state index contributed by atoms with van der Waals surface area (Å²) in [5.41, 5.74) is 0. The van der Waals surface area contributed by atoms with Crippen molar-refractivity contribution < 1.29 is 23.9 Å². The summed E-state index contributed by atoms with van der Waals surface area (Å²) in [6, 6.07) is -1.44. The van der Waals surface area contributed by atoms with E-state index in [2.05, 4.69) is 13.8 Å². The number of ether oxygens (including phenoxy) is 2. The summed E-state index contributed by atoms with van der Waals surface area (Å²) in [5, 5.41) is 0. The fraction of sp³-hybridized carbons (Fsp3) is 0.870. The van der Waals surface area contributed by atoms with E-state index in [9.17, 15) is 14.4 Å². The maximum absolute atomic E-state index is 13.4. The first-order valence-corrected chi connectivity index (χ1v) is 11.8. The van der Waals surface area contributed by atoms with Crippen LogP contribution in [0.15, 0.2) is 0 Å². The highest BCUT2D eigenvalue weighted by Crippen LogP contribution is 2.19. The summed E-state index contributed by atoms with van der Waals surface area (Å²) in [6.45, 7) is 12.6. The van der Waals surface area contributed by atoms with E-state index < -0.39 is 24.1 Å². The van der Waals surface area contributed by atoms with Crippen molar-refractivity contribution in [1.82, 2.24) is 9.80 Å². The molecule has 0 aliphatic carbocycles. The molecular formula is C23H43ClN2O5. The van der Waals surface area contributed by atoms with Gasteiger partial charge >= 0.3 is 12.1 Å². The van der Waals surface area contributed by atoms with Crippen molar-refractivity contribution in [1.29, 1.82) is 0 Å². The van der Waals surface area contributed by atoms with Crippen LogP contribution in [-0.2, 0) is 19.1 Å². The van der Waals surface area contributed by atoms with E-state index in [0.717, 1.165) is 12.8 Å². The van der Waals surface area contributed by atoms with Crippen LogP contribution in [0.5, 0.6) is 0 Å². The first-order chi connectivity index (χ1) is 14.4. The molecule has 0 radical (unpaired) electrons. The van der Waals surface area contributed by atoms with Gasteiger partial charge in [-0.05, 0) is 43.4 Å². The maximum Gasteiger partial charge on any atom is 0.410 e. The fourth-order valence-corrected chi connectivity index (χ4v) is 3.31. The minimum Gasteiger partial charge on any atom is -0.464 e. The van der Waals surface area contributed by atoms with Crippen molar-refractivity contribution in [3.05, 3.63) is 0 Å². The van der Waals surface area contributed by atoms with Gasteiger partial charge in [0.1, 0.15) is 18.7 Å². The molecule has 0 bridgehead atoms. The molecule has 0 N–H and O–H groups in total. The van der Waals surface area contributed by atoms with Crippen molar-refractivity contribution in [3.63, 3.8) is 0 Å². The van der Waals surface area contributed by atoms with Gasteiger partial charge < -0.3 is 14.4 Å². The highest BCUT2D eigenvalue weighted by atomic mass is 35.5. The Hall–Kier alpha value is -1.50. The summed E-state index contributed by atoms with van der Waals surface area (Å²) in [7, 11) is 3.15. The normalized spacial score (nSPS) is 13.3. The summed E-state index contributed by atoms with van der Waals surface area (Å²) in [6.07, 6.45) is 2.10. The Labute approximate surface area is 193 Å². The first-order valence-electron chi connectivity index (χ1n) is 11.3. The number of carbonyl (C=O) groups is 3. The summed E-state index contributed by atoms with van der Waals surface area (Å²) in [5.74, 6) is 0.380. The Morgan fingerprint density at radius 3 is 1.81 bits per heavy atom. The average Bonchev–Trinajstić information content (AvgIpc) is 2.69. The molecule has 0 spiro atoms. The van der Waals surface area contributed by atoms with Gasteiger partial charge in [-0.25, -0.2) is 9.59 Å². The van der Waals surface area contributed by atoms with Crippen LogP contribution in [0.3, 0.4) is 0 Å². The number of nitrogens with zero attached hydrogens (tertiary/aromatic N) is 2. The molecule has 0 aliphatic rings. The molecule has 0 aliphatic heterocycles. The summed E-state index contributed by atoms with van der Waals surface area (Å²) in [4.78, 5) is 41.3. The van der Waals surface area contributed by atoms with E-state index >= 15 is 0 Å². The van der Waals surface area contributed by atoms with E-state index in [1.54, 1.807) is 7.05 Å². The van der Waals surface area contributed by atoms with Crippen molar-refractivity contribution in [3.8, 4) is 0 Å². The van der Waals surface area contributed by atoms with Crippen LogP contribution in [0.2, 0.25) is 0 Å². The van der Waals surface area contributed by atoms with Crippen LogP contribution in [0.1, 0.15) is 67.2 Å². The van der Waals surface area contributed by atoms with Crippen LogP contribution in [-0.4, -0.2) is 73.0 Å². The molecule has 7 nitrogen and oxygen atoms in total. The first kappa shape index (κ1) is 29.5. The zero-order valence-corrected chi connectivity index (χ0v) is 21.4. The molecule has 0 fully saturated rings. The van der Waals surface area contributed by atoms with E-state index in [1.807, 2.05) is 27.7 Å². The topological polar surface area (TPSA) is 76.2 Å². The number of carbonyl (C=O) groups excluding carboxylic acids is 3. The van der Waals surface area contributed by atoms with E-state index in [-0.39, 0.29) is 30.2 Å². The Balaban J connectivity index is 5.43. The number of rotatable bonds is 14. The number of hydrogen-bond donors (Lipinski definition) is 0. The predicted molar refractivity (Wildman–Crippen MR) is 124 cm³/mol. The third kappa shape index (κ3) is 11.6. The second-order valence-corrected chi connectivity index (χ2v) is 9.74. The van der Waals surface area contributed by atoms with Gasteiger partial charge in [-0.2, -0.15) is 0 Å². The molecule has 31 heavy (non-hydrogen) atoms. The number of amides is 2. The van der Waals surface area contributed by atoms with Gasteiger partial charge in [-0.3, -0.25) is 9.69 Å². The van der Waals surface area contributed by atoms with Crippen molar-refractivity contribution >= 4 is 29.6 Å². The second kappa shape index (κ2) is 15.3. The predicted octanol–water partition coefficient (Wildman–Crippen LogP) is 4.56. The molecule has 0 rings (SSSR count). The molecule has 8 heteroatoms. The van der Waals surface area contributed by atoms with E-state index in [4.69, 9.17) is 21.1 Å². The lowest BCUT2D eigenvalue weighted by Crippen LogP contribution is -2.53. The van der Waals surface area contributed by atoms with Gasteiger partial charge in [-0.1, -0.05) is 41.5 Å². The molecule has 182 valence electrons.